The summed E-state index contributed by atoms with van der Waals surface area (Å²) in [7, 11) is 0. The predicted octanol–water partition coefficient (Wildman–Crippen LogP) is 1.89. The van der Waals surface area contributed by atoms with Gasteiger partial charge in [-0.2, -0.15) is 0 Å². The van der Waals surface area contributed by atoms with Crippen molar-refractivity contribution in [1.82, 2.24) is 9.38 Å². The highest BCUT2D eigenvalue weighted by Crippen LogP contribution is 2.36. The number of aromatic nitrogens is 2. The van der Waals surface area contributed by atoms with Gasteiger partial charge in [0.1, 0.15) is 17.4 Å². The van der Waals surface area contributed by atoms with Gasteiger partial charge >= 0.3 is 0 Å². The standard InChI is InChI=1S/C12H14N4/c13-11(14)10-9-6-1-2-7-16(9)12(15-10)8-4-3-5-8/h1-2,6-8H,3-5H2,(H3,13,14). The summed E-state index contributed by atoms with van der Waals surface area (Å²) in [6, 6.07) is 5.90. The van der Waals surface area contributed by atoms with Gasteiger partial charge in [-0.25, -0.2) is 4.98 Å². The number of nitrogen functional groups attached to an aromatic ring is 1. The molecular weight excluding hydrogens is 200 g/mol. The number of nitrogens with zero attached hydrogens (tertiary/aromatic N) is 2. The number of nitrogens with two attached hydrogens (primary N) is 1. The molecule has 2 aromatic rings. The number of nitrogens with one attached hydrogen (secondary N) is 1. The predicted molar refractivity (Wildman–Crippen MR) is 62.8 cm³/mol. The fourth-order valence-electron chi connectivity index (χ4n) is 2.21. The average molecular weight is 214 g/mol. The molecule has 1 aliphatic carbocycles. The van der Waals surface area contributed by atoms with Crippen LogP contribution in [0.2, 0.25) is 0 Å². The van der Waals surface area contributed by atoms with Crippen molar-refractivity contribution in [2.75, 3.05) is 0 Å². The Morgan fingerprint density at radius 3 is 2.88 bits per heavy atom. The van der Waals surface area contributed by atoms with E-state index in [1.807, 2.05) is 24.4 Å². The minimum Gasteiger partial charge on any atom is -0.382 e. The van der Waals surface area contributed by atoms with E-state index in [0.29, 0.717) is 11.6 Å². The van der Waals surface area contributed by atoms with Gasteiger partial charge < -0.3 is 10.1 Å². The van der Waals surface area contributed by atoms with Crippen molar-refractivity contribution in [2.24, 2.45) is 5.73 Å². The van der Waals surface area contributed by atoms with Crippen LogP contribution < -0.4 is 5.73 Å². The topological polar surface area (TPSA) is 67.2 Å². The first-order valence-corrected chi connectivity index (χ1v) is 5.59. The van der Waals surface area contributed by atoms with Crippen LogP contribution >= 0.6 is 0 Å². The summed E-state index contributed by atoms with van der Waals surface area (Å²) in [4.78, 5) is 4.52. The maximum atomic E-state index is 7.55. The second kappa shape index (κ2) is 3.33. The van der Waals surface area contributed by atoms with Crippen LogP contribution in [-0.4, -0.2) is 15.2 Å². The highest BCUT2D eigenvalue weighted by atomic mass is 15.0. The molecular formula is C12H14N4. The first kappa shape index (κ1) is 9.39. The van der Waals surface area contributed by atoms with Crippen LogP contribution in [-0.2, 0) is 0 Å². The van der Waals surface area contributed by atoms with Crippen LogP contribution in [0.1, 0.15) is 36.7 Å². The molecule has 4 heteroatoms. The Morgan fingerprint density at radius 1 is 1.44 bits per heavy atom. The van der Waals surface area contributed by atoms with Gasteiger partial charge in [0, 0.05) is 12.1 Å². The summed E-state index contributed by atoms with van der Waals surface area (Å²) in [5.74, 6) is 1.66. The minimum absolute atomic E-state index is 0.0503. The van der Waals surface area contributed by atoms with Gasteiger partial charge in [0.05, 0.1) is 5.52 Å². The molecule has 0 bridgehead atoms. The Bertz CT molecular complexity index is 551. The Labute approximate surface area is 93.6 Å². The quantitative estimate of drug-likeness (QED) is 0.592. The molecule has 0 aliphatic heterocycles. The van der Waals surface area contributed by atoms with E-state index < -0.39 is 0 Å². The fourth-order valence-corrected chi connectivity index (χ4v) is 2.21. The molecule has 3 rings (SSSR count). The second-order valence-corrected chi connectivity index (χ2v) is 4.32. The van der Waals surface area contributed by atoms with Crippen molar-refractivity contribution < 1.29 is 0 Å². The van der Waals surface area contributed by atoms with E-state index in [1.54, 1.807) is 0 Å². The van der Waals surface area contributed by atoms with E-state index in [-0.39, 0.29) is 5.84 Å². The van der Waals surface area contributed by atoms with Crippen molar-refractivity contribution in [3.8, 4) is 0 Å². The van der Waals surface area contributed by atoms with Crippen molar-refractivity contribution in [3.63, 3.8) is 0 Å². The van der Waals surface area contributed by atoms with Crippen LogP contribution in [0.3, 0.4) is 0 Å². The maximum absolute atomic E-state index is 7.55. The van der Waals surface area contributed by atoms with E-state index in [0.717, 1.165) is 11.3 Å². The normalized spacial score (nSPS) is 16.2. The maximum Gasteiger partial charge on any atom is 0.144 e. The van der Waals surface area contributed by atoms with Crippen LogP contribution in [0.4, 0.5) is 0 Å². The zero-order valence-electron chi connectivity index (χ0n) is 8.98. The van der Waals surface area contributed by atoms with E-state index in [4.69, 9.17) is 11.1 Å². The molecule has 16 heavy (non-hydrogen) atoms. The summed E-state index contributed by atoms with van der Waals surface area (Å²) >= 11 is 0. The van der Waals surface area contributed by atoms with E-state index in [1.165, 1.54) is 19.3 Å². The lowest BCUT2D eigenvalue weighted by Crippen LogP contribution is -2.14. The Kier molecular flexibility index (Phi) is 1.96. The first-order chi connectivity index (χ1) is 7.77. The summed E-state index contributed by atoms with van der Waals surface area (Å²) in [6.45, 7) is 0. The lowest BCUT2D eigenvalue weighted by Gasteiger charge is -2.23. The number of imidazole rings is 1. The minimum atomic E-state index is 0.0503. The first-order valence-electron chi connectivity index (χ1n) is 5.59. The monoisotopic (exact) mass is 214 g/mol. The van der Waals surface area contributed by atoms with E-state index in [2.05, 4.69) is 9.38 Å². The van der Waals surface area contributed by atoms with Gasteiger partial charge in [-0.05, 0) is 25.0 Å². The third-order valence-electron chi connectivity index (χ3n) is 3.30. The van der Waals surface area contributed by atoms with Crippen LogP contribution in [0.25, 0.3) is 5.52 Å². The van der Waals surface area contributed by atoms with Crippen molar-refractivity contribution >= 4 is 11.4 Å². The summed E-state index contributed by atoms with van der Waals surface area (Å²) < 4.78 is 2.07. The highest BCUT2D eigenvalue weighted by molar-refractivity contribution is 5.99. The number of amidine groups is 1. The zero-order valence-corrected chi connectivity index (χ0v) is 8.98. The molecule has 1 aliphatic rings. The third-order valence-corrected chi connectivity index (χ3v) is 3.30. The molecule has 0 aromatic carbocycles. The highest BCUT2D eigenvalue weighted by Gasteiger charge is 2.25. The van der Waals surface area contributed by atoms with Gasteiger partial charge in [0.2, 0.25) is 0 Å². The van der Waals surface area contributed by atoms with Crippen molar-refractivity contribution in [2.45, 2.75) is 25.2 Å². The molecule has 0 radical (unpaired) electrons. The van der Waals surface area contributed by atoms with Gasteiger partial charge in [-0.3, -0.25) is 5.41 Å². The van der Waals surface area contributed by atoms with Crippen LogP contribution in [0.5, 0.6) is 0 Å². The Balaban J connectivity index is 2.24. The van der Waals surface area contributed by atoms with Crippen LogP contribution in [0.15, 0.2) is 24.4 Å². The second-order valence-electron chi connectivity index (χ2n) is 4.32. The lowest BCUT2D eigenvalue weighted by atomic mass is 9.85. The molecule has 2 heterocycles. The summed E-state index contributed by atoms with van der Waals surface area (Å²) in [5, 5.41) is 7.55. The number of pyridine rings is 1. The van der Waals surface area contributed by atoms with Gasteiger partial charge in [0.25, 0.3) is 0 Å². The summed E-state index contributed by atoms with van der Waals surface area (Å²) in [5.41, 5.74) is 7.12. The zero-order chi connectivity index (χ0) is 11.1. The molecule has 3 N–H and O–H groups in total. The van der Waals surface area contributed by atoms with Gasteiger partial charge in [0.15, 0.2) is 0 Å². The van der Waals surface area contributed by atoms with E-state index in [9.17, 15) is 0 Å². The molecule has 0 amide bonds. The molecule has 0 spiro atoms. The molecule has 0 saturated heterocycles. The number of hydrogen-bond donors (Lipinski definition) is 2. The molecule has 0 unspecified atom stereocenters. The number of rotatable bonds is 2. The Hall–Kier alpha value is -1.84. The number of fused-ring (bicyclic) bond motifs is 1. The largest absolute Gasteiger partial charge is 0.382 e. The molecule has 2 aromatic heterocycles. The summed E-state index contributed by atoms with van der Waals surface area (Å²) in [6.07, 6.45) is 5.68. The molecule has 82 valence electrons. The molecule has 1 fully saturated rings. The molecule has 0 atom stereocenters. The fraction of sp³-hybridized carbons (Fsp3) is 0.333. The molecule has 1 saturated carbocycles. The van der Waals surface area contributed by atoms with E-state index >= 15 is 0 Å². The Morgan fingerprint density at radius 2 is 2.25 bits per heavy atom. The number of hydrogen-bond acceptors (Lipinski definition) is 2. The average Bonchev–Trinajstić information content (AvgIpc) is 2.56. The lowest BCUT2D eigenvalue weighted by molar-refractivity contribution is 0.400. The van der Waals surface area contributed by atoms with Gasteiger partial charge in [-0.1, -0.05) is 12.5 Å². The van der Waals surface area contributed by atoms with Gasteiger partial charge in [-0.15, -0.1) is 0 Å². The SMILES string of the molecule is N=C(N)c1nc(C2CCC2)n2ccccc12. The smallest absolute Gasteiger partial charge is 0.144 e. The van der Waals surface area contributed by atoms with Crippen molar-refractivity contribution in [3.05, 3.63) is 35.9 Å². The third kappa shape index (κ3) is 1.23. The van der Waals surface area contributed by atoms with Crippen molar-refractivity contribution in [1.29, 1.82) is 5.41 Å². The molecule has 4 nitrogen and oxygen atoms in total. The van der Waals surface area contributed by atoms with Crippen LogP contribution in [0, 0.1) is 5.41 Å².